The van der Waals surface area contributed by atoms with Crippen molar-refractivity contribution in [2.24, 2.45) is 4.99 Å². The number of nitrogens with zero attached hydrogens (tertiary/aromatic N) is 3. The quantitative estimate of drug-likeness (QED) is 0.711. The summed E-state index contributed by atoms with van der Waals surface area (Å²) in [7, 11) is 0. The Morgan fingerprint density at radius 2 is 2.17 bits per heavy atom. The van der Waals surface area contributed by atoms with Gasteiger partial charge in [-0.15, -0.1) is 0 Å². The van der Waals surface area contributed by atoms with E-state index in [9.17, 15) is 4.79 Å². The maximum atomic E-state index is 12.9. The Morgan fingerprint density at radius 1 is 1.42 bits per heavy atom. The highest BCUT2D eigenvalue weighted by molar-refractivity contribution is 8.14. The maximum Gasteiger partial charge on any atom is 0.260 e. The molecule has 1 aliphatic heterocycles. The lowest BCUT2D eigenvalue weighted by Gasteiger charge is -2.23. The molecular formula is C18H23N3O2S. The van der Waals surface area contributed by atoms with Crippen LogP contribution in [0.5, 0.6) is 0 Å². The second-order valence-corrected chi connectivity index (χ2v) is 6.44. The predicted molar refractivity (Wildman–Crippen MR) is 97.3 cm³/mol. The van der Waals surface area contributed by atoms with Crippen LogP contribution in [0.15, 0.2) is 29.3 Å². The van der Waals surface area contributed by atoms with Crippen molar-refractivity contribution in [2.45, 2.75) is 32.7 Å². The molecule has 5 nitrogen and oxygen atoms in total. The molecule has 1 aromatic rings. The number of ether oxygens (including phenoxy) is 1. The third kappa shape index (κ3) is 4.59. The average Bonchev–Trinajstić information content (AvgIpc) is 3.04. The zero-order valence-electron chi connectivity index (χ0n) is 14.2. The molecule has 0 bridgehead atoms. The summed E-state index contributed by atoms with van der Waals surface area (Å²) in [5.41, 5.74) is 1.15. The molecule has 2 rings (SSSR count). The second kappa shape index (κ2) is 9.45. The normalized spacial score (nSPS) is 18.8. The number of thioether (sulfide) groups is 1. The van der Waals surface area contributed by atoms with Gasteiger partial charge in [-0.3, -0.25) is 14.7 Å². The molecular weight excluding hydrogens is 322 g/mol. The Balaban J connectivity index is 2.10. The van der Waals surface area contributed by atoms with Gasteiger partial charge < -0.3 is 4.74 Å². The van der Waals surface area contributed by atoms with E-state index in [2.05, 4.69) is 18.0 Å². The van der Waals surface area contributed by atoms with Crippen LogP contribution in [0.25, 0.3) is 0 Å². The van der Waals surface area contributed by atoms with Gasteiger partial charge in [0.1, 0.15) is 0 Å². The van der Waals surface area contributed by atoms with E-state index in [4.69, 9.17) is 10.00 Å². The van der Waals surface area contributed by atoms with Crippen molar-refractivity contribution in [1.82, 2.24) is 4.90 Å². The molecule has 1 aliphatic rings. The van der Waals surface area contributed by atoms with Crippen LogP contribution < -0.4 is 0 Å². The fourth-order valence-corrected chi connectivity index (χ4v) is 3.74. The van der Waals surface area contributed by atoms with E-state index in [0.29, 0.717) is 30.9 Å². The van der Waals surface area contributed by atoms with Gasteiger partial charge in [0, 0.05) is 37.1 Å². The zero-order chi connectivity index (χ0) is 17.4. The van der Waals surface area contributed by atoms with E-state index in [0.717, 1.165) is 23.8 Å². The summed E-state index contributed by atoms with van der Waals surface area (Å²) in [5, 5.41) is 9.68. The van der Waals surface area contributed by atoms with Crippen LogP contribution >= 0.6 is 11.8 Å². The number of benzene rings is 1. The van der Waals surface area contributed by atoms with Gasteiger partial charge in [0.2, 0.25) is 0 Å². The topological polar surface area (TPSA) is 65.7 Å². The monoisotopic (exact) mass is 345 g/mol. The van der Waals surface area contributed by atoms with Crippen LogP contribution in [0.3, 0.4) is 0 Å². The number of carbonyl (C=O) groups excluding carboxylic acids is 1. The fourth-order valence-electron chi connectivity index (χ4n) is 2.46. The minimum absolute atomic E-state index is 0.0418. The highest BCUT2D eigenvalue weighted by Gasteiger charge is 2.34. The van der Waals surface area contributed by atoms with E-state index in [1.54, 1.807) is 36.0 Å². The summed E-state index contributed by atoms with van der Waals surface area (Å²) in [5.74, 6) is 0.836. The second-order valence-electron chi connectivity index (χ2n) is 5.45. The Labute approximate surface area is 147 Å². The number of amidine groups is 1. The standard InChI is InChI=1S/C18H23N3O2S/c1-3-16-13-24-18(20-10-5-11-23-4-2)21(16)17(22)15-8-6-14(12-19)7-9-15/h6-9,16H,3-5,10-11,13H2,1-2H3. The van der Waals surface area contributed by atoms with Crippen molar-refractivity contribution >= 4 is 22.8 Å². The smallest absolute Gasteiger partial charge is 0.260 e. The van der Waals surface area contributed by atoms with Gasteiger partial charge in [-0.2, -0.15) is 5.26 Å². The number of hydrogen-bond donors (Lipinski definition) is 0. The average molecular weight is 345 g/mol. The van der Waals surface area contributed by atoms with Crippen molar-refractivity contribution in [3.63, 3.8) is 0 Å². The number of nitriles is 1. The van der Waals surface area contributed by atoms with Gasteiger partial charge in [0.25, 0.3) is 5.91 Å². The lowest BCUT2D eigenvalue weighted by atomic mass is 10.1. The van der Waals surface area contributed by atoms with Gasteiger partial charge in [0.05, 0.1) is 11.6 Å². The molecule has 1 fully saturated rings. The first kappa shape index (κ1) is 18.5. The fraction of sp³-hybridized carbons (Fsp3) is 0.500. The van der Waals surface area contributed by atoms with Crippen LogP contribution in [-0.4, -0.2) is 47.5 Å². The molecule has 0 spiro atoms. The van der Waals surface area contributed by atoms with E-state index in [1.807, 2.05) is 11.8 Å². The van der Waals surface area contributed by atoms with E-state index < -0.39 is 0 Å². The summed E-state index contributed by atoms with van der Waals surface area (Å²) < 4.78 is 5.32. The van der Waals surface area contributed by atoms with Crippen molar-refractivity contribution < 1.29 is 9.53 Å². The van der Waals surface area contributed by atoms with E-state index >= 15 is 0 Å². The molecule has 0 saturated carbocycles. The largest absolute Gasteiger partial charge is 0.382 e. The minimum Gasteiger partial charge on any atom is -0.382 e. The SMILES string of the molecule is CCOCCCN=C1SCC(CC)N1C(=O)c1ccc(C#N)cc1. The molecule has 6 heteroatoms. The van der Waals surface area contributed by atoms with Crippen LogP contribution in [0.4, 0.5) is 0 Å². The van der Waals surface area contributed by atoms with Gasteiger partial charge in [-0.1, -0.05) is 18.7 Å². The van der Waals surface area contributed by atoms with Crippen LogP contribution in [0.2, 0.25) is 0 Å². The Kier molecular flexibility index (Phi) is 7.29. The molecule has 1 unspecified atom stereocenters. The molecule has 1 saturated heterocycles. The molecule has 128 valence electrons. The van der Waals surface area contributed by atoms with Crippen molar-refractivity contribution in [3.8, 4) is 6.07 Å². The summed E-state index contributed by atoms with van der Waals surface area (Å²) in [6, 6.07) is 9.02. The third-order valence-corrected chi connectivity index (χ3v) is 4.96. The Bertz CT molecular complexity index is 622. The Morgan fingerprint density at radius 3 is 2.79 bits per heavy atom. The van der Waals surface area contributed by atoms with Crippen molar-refractivity contribution in [2.75, 3.05) is 25.5 Å². The lowest BCUT2D eigenvalue weighted by Crippen LogP contribution is -2.39. The first-order valence-corrected chi connectivity index (χ1v) is 9.28. The van der Waals surface area contributed by atoms with Crippen LogP contribution in [0.1, 0.15) is 42.6 Å². The first-order valence-electron chi connectivity index (χ1n) is 8.30. The molecule has 1 atom stereocenters. The number of carbonyl (C=O) groups is 1. The molecule has 24 heavy (non-hydrogen) atoms. The maximum absolute atomic E-state index is 12.9. The molecule has 0 radical (unpaired) electrons. The zero-order valence-corrected chi connectivity index (χ0v) is 15.0. The third-order valence-electron chi connectivity index (χ3n) is 3.83. The highest BCUT2D eigenvalue weighted by atomic mass is 32.2. The van der Waals surface area contributed by atoms with Gasteiger partial charge >= 0.3 is 0 Å². The summed E-state index contributed by atoms with van der Waals surface area (Å²) in [6.07, 6.45) is 1.75. The number of hydrogen-bond acceptors (Lipinski definition) is 5. The number of rotatable bonds is 7. The van der Waals surface area contributed by atoms with Crippen molar-refractivity contribution in [3.05, 3.63) is 35.4 Å². The van der Waals surface area contributed by atoms with Crippen LogP contribution in [0, 0.1) is 11.3 Å². The summed E-state index contributed by atoms with van der Waals surface area (Å²) in [4.78, 5) is 19.3. The van der Waals surface area contributed by atoms with E-state index in [1.165, 1.54) is 0 Å². The van der Waals surface area contributed by atoms with Gasteiger partial charge in [-0.05, 0) is 44.0 Å². The molecule has 0 aromatic heterocycles. The summed E-state index contributed by atoms with van der Waals surface area (Å²) in [6.45, 7) is 6.13. The molecule has 0 aliphatic carbocycles. The van der Waals surface area contributed by atoms with Crippen LogP contribution in [-0.2, 0) is 4.74 Å². The molecule has 0 N–H and O–H groups in total. The first-order chi connectivity index (χ1) is 11.7. The molecule has 1 amide bonds. The predicted octanol–water partition coefficient (Wildman–Crippen LogP) is 3.31. The number of amides is 1. The van der Waals surface area contributed by atoms with Gasteiger partial charge in [-0.25, -0.2) is 0 Å². The molecule has 1 aromatic carbocycles. The van der Waals surface area contributed by atoms with Crippen molar-refractivity contribution in [1.29, 1.82) is 5.26 Å². The Hall–Kier alpha value is -1.84. The highest BCUT2D eigenvalue weighted by Crippen LogP contribution is 2.28. The van der Waals surface area contributed by atoms with Gasteiger partial charge in [0.15, 0.2) is 5.17 Å². The number of aliphatic imine (C=N–C) groups is 1. The minimum atomic E-state index is -0.0418. The lowest BCUT2D eigenvalue weighted by molar-refractivity contribution is 0.0819. The molecule has 1 heterocycles. The van der Waals surface area contributed by atoms with E-state index in [-0.39, 0.29) is 11.9 Å². The summed E-state index contributed by atoms with van der Waals surface area (Å²) >= 11 is 1.64.